The molecule has 0 saturated heterocycles. The van der Waals surface area contributed by atoms with Gasteiger partial charge in [-0.1, -0.05) is 0 Å². The second kappa shape index (κ2) is 2.95. The molecule has 0 aliphatic rings. The largest absolute Gasteiger partial charge is 0.387 e. The molecule has 0 aliphatic carbocycles. The van der Waals surface area contributed by atoms with E-state index in [1.165, 1.54) is 0 Å². The van der Waals surface area contributed by atoms with E-state index in [2.05, 4.69) is 4.99 Å². The van der Waals surface area contributed by atoms with E-state index in [0.717, 1.165) is 0 Å². The van der Waals surface area contributed by atoms with Crippen LogP contribution in [0.5, 0.6) is 0 Å². The Hall–Kier alpha value is -0.130. The van der Waals surface area contributed by atoms with Crippen LogP contribution >= 0.6 is 22.6 Å². The molecule has 0 rings (SSSR count). The quantitative estimate of drug-likeness (QED) is 0.264. The first-order chi connectivity index (χ1) is 3.13. The van der Waals surface area contributed by atoms with Gasteiger partial charge in [0.25, 0.3) is 0 Å². The van der Waals surface area contributed by atoms with Gasteiger partial charge >= 0.3 is 0 Å². The highest BCUT2D eigenvalue weighted by atomic mass is 127. The predicted molar refractivity (Wildman–Crippen MR) is 39.0 cm³/mol. The first-order valence-corrected chi connectivity index (χ1v) is 2.75. The monoisotopic (exact) mass is 211 g/mol. The standard InChI is InChI=1S/C3H6IN3/c1-2(5)7-3(4)6/h1H3,(H3,5,6,7). The molecule has 0 aromatic rings. The van der Waals surface area contributed by atoms with Gasteiger partial charge in [-0.15, -0.1) is 0 Å². The van der Waals surface area contributed by atoms with Crippen LogP contribution in [0.15, 0.2) is 4.99 Å². The van der Waals surface area contributed by atoms with Gasteiger partial charge in [0.2, 0.25) is 0 Å². The van der Waals surface area contributed by atoms with E-state index in [0.29, 0.717) is 5.84 Å². The molecule has 0 fully saturated rings. The summed E-state index contributed by atoms with van der Waals surface area (Å²) >= 11 is 1.77. The van der Waals surface area contributed by atoms with Gasteiger partial charge in [0.15, 0.2) is 3.84 Å². The predicted octanol–water partition coefficient (Wildman–Crippen LogP) is 0.733. The van der Waals surface area contributed by atoms with Gasteiger partial charge < -0.3 is 5.73 Å². The molecule has 0 amide bonds. The summed E-state index contributed by atoms with van der Waals surface area (Å²) < 4.78 is 0.220. The molecule has 40 valence electrons. The Balaban J connectivity index is 3.68. The molecule has 0 bridgehead atoms. The lowest BCUT2D eigenvalue weighted by molar-refractivity contribution is 1.47. The van der Waals surface area contributed by atoms with Gasteiger partial charge in [-0.2, -0.15) is 0 Å². The minimum atomic E-state index is 0.220. The summed E-state index contributed by atoms with van der Waals surface area (Å²) in [5.41, 5.74) is 5.10. The van der Waals surface area contributed by atoms with E-state index in [9.17, 15) is 0 Å². The van der Waals surface area contributed by atoms with E-state index in [4.69, 9.17) is 11.1 Å². The molecule has 0 radical (unpaired) electrons. The van der Waals surface area contributed by atoms with E-state index in [1.807, 2.05) is 0 Å². The van der Waals surface area contributed by atoms with E-state index >= 15 is 0 Å². The minimum Gasteiger partial charge on any atom is -0.387 e. The summed E-state index contributed by atoms with van der Waals surface area (Å²) in [7, 11) is 0. The number of hydrogen-bond acceptors (Lipinski definition) is 1. The Morgan fingerprint density at radius 2 is 2.29 bits per heavy atom. The molecule has 0 saturated carbocycles. The Morgan fingerprint density at radius 1 is 1.86 bits per heavy atom. The molecular weight excluding hydrogens is 205 g/mol. The molecule has 3 nitrogen and oxygen atoms in total. The number of nitrogens with two attached hydrogens (primary N) is 1. The molecule has 7 heavy (non-hydrogen) atoms. The molecule has 0 aliphatic heterocycles. The average Bonchev–Trinajstić information content (AvgIpc) is 1.27. The van der Waals surface area contributed by atoms with Crippen LogP contribution in [-0.4, -0.2) is 9.68 Å². The van der Waals surface area contributed by atoms with Crippen LogP contribution in [0.3, 0.4) is 0 Å². The van der Waals surface area contributed by atoms with E-state index in [1.54, 1.807) is 29.5 Å². The number of nitrogens with one attached hydrogen (secondary N) is 1. The number of aliphatic imine (C=N–C) groups is 1. The maximum absolute atomic E-state index is 6.74. The van der Waals surface area contributed by atoms with Crippen molar-refractivity contribution in [3.8, 4) is 0 Å². The Kier molecular flexibility index (Phi) is 2.89. The van der Waals surface area contributed by atoms with Crippen molar-refractivity contribution in [1.82, 2.24) is 0 Å². The summed E-state index contributed by atoms with van der Waals surface area (Å²) in [5, 5.41) is 6.74. The van der Waals surface area contributed by atoms with Crippen molar-refractivity contribution < 1.29 is 0 Å². The third kappa shape index (κ3) is 5.87. The molecule has 0 spiro atoms. The van der Waals surface area contributed by atoms with Gasteiger partial charge in [0.05, 0.1) is 5.84 Å². The zero-order valence-corrected chi connectivity index (χ0v) is 6.06. The van der Waals surface area contributed by atoms with E-state index < -0.39 is 0 Å². The third-order valence-corrected chi connectivity index (χ3v) is 0.516. The topological polar surface area (TPSA) is 62.2 Å². The fourth-order valence-electron chi connectivity index (χ4n) is 0.155. The number of hydrogen-bond donors (Lipinski definition) is 2. The summed E-state index contributed by atoms with van der Waals surface area (Å²) in [6.07, 6.45) is 0. The molecule has 0 heterocycles. The van der Waals surface area contributed by atoms with Crippen LogP contribution < -0.4 is 5.73 Å². The molecular formula is C3H6IN3. The zero-order valence-electron chi connectivity index (χ0n) is 3.90. The second-order valence-corrected chi connectivity index (χ2v) is 2.07. The van der Waals surface area contributed by atoms with Crippen molar-refractivity contribution in [2.75, 3.05) is 0 Å². The van der Waals surface area contributed by atoms with Gasteiger partial charge in [-0.25, -0.2) is 4.99 Å². The number of amidine groups is 2. The lowest BCUT2D eigenvalue weighted by Gasteiger charge is -1.82. The molecule has 0 atom stereocenters. The minimum absolute atomic E-state index is 0.220. The van der Waals surface area contributed by atoms with Gasteiger partial charge in [-0.3, -0.25) is 5.41 Å². The summed E-state index contributed by atoms with van der Waals surface area (Å²) in [5.74, 6) is 0.430. The highest BCUT2D eigenvalue weighted by molar-refractivity contribution is 14.1. The van der Waals surface area contributed by atoms with Gasteiger partial charge in [0, 0.05) is 22.6 Å². The van der Waals surface area contributed by atoms with Crippen molar-refractivity contribution in [2.45, 2.75) is 6.92 Å². The summed E-state index contributed by atoms with van der Waals surface area (Å²) in [6.45, 7) is 1.65. The lowest BCUT2D eigenvalue weighted by atomic mass is 10.7. The molecule has 3 N–H and O–H groups in total. The molecule has 0 aromatic carbocycles. The van der Waals surface area contributed by atoms with Gasteiger partial charge in [0.1, 0.15) is 0 Å². The maximum Gasteiger partial charge on any atom is 0.184 e. The zero-order chi connectivity index (χ0) is 5.86. The second-order valence-electron chi connectivity index (χ2n) is 1.04. The van der Waals surface area contributed by atoms with Crippen LogP contribution in [0.25, 0.3) is 0 Å². The van der Waals surface area contributed by atoms with Crippen LogP contribution in [0.1, 0.15) is 6.92 Å². The van der Waals surface area contributed by atoms with Crippen molar-refractivity contribution in [3.05, 3.63) is 0 Å². The molecule has 0 unspecified atom stereocenters. The molecule has 4 heteroatoms. The van der Waals surface area contributed by atoms with Crippen molar-refractivity contribution >= 4 is 32.3 Å². The molecule has 0 aromatic heterocycles. The van der Waals surface area contributed by atoms with E-state index in [-0.39, 0.29) is 3.84 Å². The van der Waals surface area contributed by atoms with Crippen molar-refractivity contribution in [2.24, 2.45) is 10.7 Å². The normalized spacial score (nSPS) is 11.4. The average molecular weight is 211 g/mol. The van der Waals surface area contributed by atoms with Crippen LogP contribution in [0.2, 0.25) is 0 Å². The fourth-order valence-corrected chi connectivity index (χ4v) is 0.535. The summed E-state index contributed by atoms with van der Waals surface area (Å²) in [6, 6.07) is 0. The highest BCUT2D eigenvalue weighted by Gasteiger charge is 1.79. The number of rotatable bonds is 0. The smallest absolute Gasteiger partial charge is 0.184 e. The SMILES string of the molecule is CC(N)=NC(=N)I. The van der Waals surface area contributed by atoms with Gasteiger partial charge in [-0.05, 0) is 6.92 Å². The number of nitrogens with zero attached hydrogens (tertiary/aromatic N) is 1. The fraction of sp³-hybridized carbons (Fsp3) is 0.333. The Bertz CT molecular complexity index is 103. The Labute approximate surface area is 55.7 Å². The number of halogens is 1. The van der Waals surface area contributed by atoms with Crippen LogP contribution in [-0.2, 0) is 0 Å². The highest BCUT2D eigenvalue weighted by Crippen LogP contribution is 1.85. The van der Waals surface area contributed by atoms with Crippen LogP contribution in [0, 0.1) is 5.41 Å². The third-order valence-electron chi connectivity index (χ3n) is 0.275. The first kappa shape index (κ1) is 6.87. The van der Waals surface area contributed by atoms with Crippen molar-refractivity contribution in [1.29, 1.82) is 5.41 Å². The Morgan fingerprint density at radius 3 is 2.29 bits per heavy atom. The maximum atomic E-state index is 6.74. The lowest BCUT2D eigenvalue weighted by Crippen LogP contribution is -2.05. The summed E-state index contributed by atoms with van der Waals surface area (Å²) in [4.78, 5) is 3.54. The first-order valence-electron chi connectivity index (χ1n) is 1.67. The van der Waals surface area contributed by atoms with Crippen molar-refractivity contribution in [3.63, 3.8) is 0 Å². The van der Waals surface area contributed by atoms with Crippen LogP contribution in [0.4, 0.5) is 0 Å².